The predicted molar refractivity (Wildman–Crippen MR) is 144 cm³/mol. The summed E-state index contributed by atoms with van der Waals surface area (Å²) in [4.78, 5) is 17.0. The van der Waals surface area contributed by atoms with Crippen LogP contribution in [0, 0.1) is 0 Å². The van der Waals surface area contributed by atoms with E-state index < -0.39 is 10.8 Å². The zero-order valence-electron chi connectivity index (χ0n) is 20.2. The largest absolute Gasteiger partial charge is 0.394 e. The van der Waals surface area contributed by atoms with Crippen LogP contribution in [-0.4, -0.2) is 84.9 Å². The van der Waals surface area contributed by atoms with E-state index in [2.05, 4.69) is 26.5 Å². The zero-order valence-corrected chi connectivity index (χ0v) is 21.9. The Morgan fingerprint density at radius 2 is 1.97 bits per heavy atom. The fraction of sp³-hybridized carbons (Fsp3) is 0.440. The van der Waals surface area contributed by atoms with Crippen LogP contribution in [-0.2, 0) is 22.1 Å². The van der Waals surface area contributed by atoms with Crippen molar-refractivity contribution in [2.24, 2.45) is 0 Å². The van der Waals surface area contributed by atoms with Gasteiger partial charge in [-0.1, -0.05) is 6.07 Å². The van der Waals surface area contributed by atoms with E-state index in [0.29, 0.717) is 19.0 Å². The Balaban J connectivity index is 1.62. The number of anilines is 1. The molecule has 0 bridgehead atoms. The molecule has 0 aliphatic carbocycles. The number of rotatable bonds is 7. The van der Waals surface area contributed by atoms with Crippen LogP contribution in [0.15, 0.2) is 35.4 Å². The molecule has 1 atom stereocenters. The number of nitrogens with one attached hydrogen (secondary N) is 2. The molecule has 10 heteroatoms. The van der Waals surface area contributed by atoms with Crippen molar-refractivity contribution >= 4 is 44.2 Å². The van der Waals surface area contributed by atoms with Crippen LogP contribution >= 0.6 is 11.3 Å². The quantitative estimate of drug-likeness (QED) is 0.500. The van der Waals surface area contributed by atoms with Gasteiger partial charge in [0.25, 0.3) is 0 Å². The number of nitrogens with zero attached hydrogens (tertiary/aromatic N) is 4. The Hall–Kier alpha value is -2.37. The summed E-state index contributed by atoms with van der Waals surface area (Å²) in [5, 5.41) is 6.48. The summed E-state index contributed by atoms with van der Waals surface area (Å²) >= 11 is 1.80. The maximum absolute atomic E-state index is 12.3. The lowest BCUT2D eigenvalue weighted by atomic mass is 10.1. The Bertz CT molecular complexity index is 1230. The first-order valence-corrected chi connectivity index (χ1v) is 14.4. The summed E-state index contributed by atoms with van der Waals surface area (Å²) in [6, 6.07) is 8.09. The van der Waals surface area contributed by atoms with Gasteiger partial charge in [-0.05, 0) is 36.0 Å². The van der Waals surface area contributed by atoms with Gasteiger partial charge in [-0.15, -0.1) is 11.3 Å². The van der Waals surface area contributed by atoms with Crippen LogP contribution in [0.25, 0.3) is 27.7 Å². The number of thiophene rings is 1. The van der Waals surface area contributed by atoms with Crippen molar-refractivity contribution in [2.45, 2.75) is 11.4 Å². The fourth-order valence-electron chi connectivity index (χ4n) is 4.47. The summed E-state index contributed by atoms with van der Waals surface area (Å²) in [5.41, 5.74) is 2.84. The molecule has 0 spiro atoms. The van der Waals surface area contributed by atoms with Crippen molar-refractivity contribution in [3.05, 3.63) is 40.9 Å². The molecule has 0 amide bonds. The van der Waals surface area contributed by atoms with Gasteiger partial charge < -0.3 is 20.3 Å². The topological polar surface area (TPSA) is 82.6 Å². The molecule has 186 valence electrons. The van der Waals surface area contributed by atoms with Gasteiger partial charge in [0.1, 0.15) is 0 Å². The Morgan fingerprint density at radius 1 is 1.17 bits per heavy atom. The lowest BCUT2D eigenvalue weighted by molar-refractivity contribution is 0.122. The minimum Gasteiger partial charge on any atom is -0.394 e. The molecule has 3 aromatic rings. The van der Waals surface area contributed by atoms with Crippen molar-refractivity contribution < 1.29 is 8.95 Å². The lowest BCUT2D eigenvalue weighted by Crippen LogP contribution is -2.42. The molecular formula is C25H32N6O2S2. The van der Waals surface area contributed by atoms with E-state index >= 15 is 0 Å². The van der Waals surface area contributed by atoms with Crippen molar-refractivity contribution in [3.63, 3.8) is 0 Å². The molecule has 1 unspecified atom stereocenters. The van der Waals surface area contributed by atoms with E-state index in [0.717, 1.165) is 77.9 Å². The van der Waals surface area contributed by atoms with E-state index in [9.17, 15) is 4.21 Å². The van der Waals surface area contributed by atoms with Gasteiger partial charge in [0.05, 0.1) is 23.4 Å². The summed E-state index contributed by atoms with van der Waals surface area (Å²) in [6.45, 7) is 8.12. The van der Waals surface area contributed by atoms with Gasteiger partial charge in [-0.25, -0.2) is 9.97 Å². The van der Waals surface area contributed by atoms with Crippen LogP contribution in [0.2, 0.25) is 0 Å². The zero-order chi connectivity index (χ0) is 24.2. The van der Waals surface area contributed by atoms with Crippen molar-refractivity contribution in [3.8, 4) is 11.4 Å². The first-order valence-electron chi connectivity index (χ1n) is 12.0. The third-order valence-electron chi connectivity index (χ3n) is 6.33. The second-order valence-electron chi connectivity index (χ2n) is 8.75. The third kappa shape index (κ3) is 5.57. The minimum atomic E-state index is -1.09. The van der Waals surface area contributed by atoms with Crippen LogP contribution in [0.4, 0.5) is 5.82 Å². The molecular weight excluding hydrogens is 480 g/mol. The van der Waals surface area contributed by atoms with Gasteiger partial charge >= 0.3 is 0 Å². The van der Waals surface area contributed by atoms with Crippen LogP contribution in [0.3, 0.4) is 0 Å². The number of ether oxygens (including phenoxy) is 1. The molecule has 2 N–H and O–H groups in total. The van der Waals surface area contributed by atoms with E-state index in [1.807, 2.05) is 37.5 Å². The smallest absolute Gasteiger partial charge is 0.162 e. The van der Waals surface area contributed by atoms with Crippen LogP contribution < -0.4 is 15.5 Å². The highest BCUT2D eigenvalue weighted by Crippen LogP contribution is 2.36. The molecule has 1 aromatic carbocycles. The number of piperazine rings is 1. The Morgan fingerprint density at radius 3 is 2.71 bits per heavy atom. The van der Waals surface area contributed by atoms with E-state index in [1.54, 1.807) is 17.6 Å². The number of morpholine rings is 1. The molecule has 4 heterocycles. The van der Waals surface area contributed by atoms with Gasteiger partial charge in [0.2, 0.25) is 0 Å². The molecule has 5 rings (SSSR count). The highest BCUT2D eigenvalue weighted by molar-refractivity contribution is 7.84. The molecule has 2 aromatic heterocycles. The number of benzene rings is 1. The number of fused-ring (bicyclic) bond motifs is 1. The molecule has 35 heavy (non-hydrogen) atoms. The predicted octanol–water partition coefficient (Wildman–Crippen LogP) is 2.53. The van der Waals surface area contributed by atoms with Crippen LogP contribution in [0.1, 0.15) is 10.4 Å². The van der Waals surface area contributed by atoms with Crippen molar-refractivity contribution in [1.29, 1.82) is 0 Å². The Kier molecular flexibility index (Phi) is 7.74. The monoisotopic (exact) mass is 512 g/mol. The molecule has 0 radical (unpaired) electrons. The fourth-order valence-corrected chi connectivity index (χ4v) is 6.17. The average molecular weight is 513 g/mol. The SMILES string of the molecule is CN/C=C\c1ccc(S(C)=O)cc1-c1nc(N2CCOCC2)c2sc(CN3CCNCC3)cc2n1. The highest BCUT2D eigenvalue weighted by Gasteiger charge is 2.22. The third-order valence-corrected chi connectivity index (χ3v) is 8.35. The van der Waals surface area contributed by atoms with Gasteiger partial charge in [0.15, 0.2) is 11.6 Å². The van der Waals surface area contributed by atoms with E-state index in [-0.39, 0.29) is 0 Å². The summed E-state index contributed by atoms with van der Waals surface area (Å²) in [5.74, 6) is 1.63. The molecule has 0 saturated carbocycles. The lowest BCUT2D eigenvalue weighted by Gasteiger charge is -2.28. The van der Waals surface area contributed by atoms with Crippen molar-refractivity contribution in [2.75, 3.05) is 70.7 Å². The average Bonchev–Trinajstić information content (AvgIpc) is 3.30. The van der Waals surface area contributed by atoms with Crippen LogP contribution in [0.5, 0.6) is 0 Å². The molecule has 2 aliphatic heterocycles. The molecule has 2 fully saturated rings. The maximum atomic E-state index is 12.3. The Labute approximate surface area is 212 Å². The number of aromatic nitrogens is 2. The molecule has 8 nitrogen and oxygen atoms in total. The van der Waals surface area contributed by atoms with E-state index in [4.69, 9.17) is 14.7 Å². The standard InChI is InChI=1S/C25H32N6O2S2/c1-26-6-5-18-3-4-20(35(2)32)16-21(18)24-28-22-15-19(17-30-9-7-27-8-10-30)34-23(22)25(29-24)31-11-13-33-14-12-31/h3-6,15-16,26-27H,7-14,17H2,1-2H3/b6-5-. The van der Waals surface area contributed by atoms with Gasteiger partial charge in [-0.2, -0.15) is 0 Å². The molecule has 2 saturated heterocycles. The summed E-state index contributed by atoms with van der Waals surface area (Å²) < 4.78 is 19.0. The maximum Gasteiger partial charge on any atom is 0.162 e. The number of hydrogen-bond acceptors (Lipinski definition) is 9. The van der Waals surface area contributed by atoms with Crippen molar-refractivity contribution in [1.82, 2.24) is 25.5 Å². The minimum absolute atomic E-state index is 0.661. The van der Waals surface area contributed by atoms with Gasteiger partial charge in [-0.3, -0.25) is 9.11 Å². The first-order chi connectivity index (χ1) is 17.1. The highest BCUT2D eigenvalue weighted by atomic mass is 32.2. The number of hydrogen-bond donors (Lipinski definition) is 2. The first kappa shape index (κ1) is 24.3. The molecule has 2 aliphatic rings. The summed E-state index contributed by atoms with van der Waals surface area (Å²) in [6.07, 6.45) is 5.59. The second-order valence-corrected chi connectivity index (χ2v) is 11.3. The van der Waals surface area contributed by atoms with Gasteiger partial charge in [0, 0.05) is 85.3 Å². The summed E-state index contributed by atoms with van der Waals surface area (Å²) in [7, 11) is 0.776. The van der Waals surface area contributed by atoms with E-state index in [1.165, 1.54) is 4.88 Å². The second kappa shape index (κ2) is 11.1. The normalized spacial score (nSPS) is 18.4.